The number of rotatable bonds is 7. The summed E-state index contributed by atoms with van der Waals surface area (Å²) in [5, 5.41) is 10.3. The van der Waals surface area contributed by atoms with Crippen LogP contribution in [0.5, 0.6) is 0 Å². The van der Waals surface area contributed by atoms with Crippen LogP contribution in [0.2, 0.25) is 0 Å². The van der Waals surface area contributed by atoms with Gasteiger partial charge in [-0.3, -0.25) is 9.59 Å². The Kier molecular flexibility index (Phi) is 5.89. The number of aromatic nitrogens is 2. The summed E-state index contributed by atoms with van der Waals surface area (Å²) in [6, 6.07) is 9.15. The zero-order valence-corrected chi connectivity index (χ0v) is 13.1. The van der Waals surface area contributed by atoms with Crippen LogP contribution in [0.4, 0.5) is 0 Å². The normalized spacial score (nSPS) is 11.9. The molecule has 1 N–H and O–H groups in total. The van der Waals surface area contributed by atoms with Crippen molar-refractivity contribution in [3.63, 3.8) is 0 Å². The van der Waals surface area contributed by atoms with Crippen LogP contribution >= 0.6 is 23.1 Å². The summed E-state index contributed by atoms with van der Waals surface area (Å²) in [5.41, 5.74) is 2.64. The molecule has 1 aromatic carbocycles. The fraction of sp³-hybridized carbons (Fsp3) is 0.286. The van der Waals surface area contributed by atoms with Gasteiger partial charge in [-0.2, -0.15) is 0 Å². The lowest BCUT2D eigenvalue weighted by molar-refractivity contribution is -0.125. The molecule has 0 unspecified atom stereocenters. The second-order valence-corrected chi connectivity index (χ2v) is 6.47. The molecule has 1 amide bonds. The van der Waals surface area contributed by atoms with Crippen LogP contribution in [0.25, 0.3) is 0 Å². The molecule has 1 heterocycles. The lowest BCUT2D eigenvalue weighted by atomic mass is 10.0. The number of Topliss-reactive ketones (excluding diaryl/α,β-unsaturated/α-hetero) is 1. The first kappa shape index (κ1) is 15.7. The molecule has 0 spiro atoms. The molecule has 0 bridgehead atoms. The number of amides is 1. The van der Waals surface area contributed by atoms with Crippen molar-refractivity contribution in [2.75, 3.05) is 5.75 Å². The summed E-state index contributed by atoms with van der Waals surface area (Å²) in [7, 11) is 0. The number of carbonyl (C=O) groups excluding carboxylic acids is 2. The van der Waals surface area contributed by atoms with Gasteiger partial charge in [0.2, 0.25) is 5.91 Å². The minimum atomic E-state index is -0.491. The number of nitrogens with one attached hydrogen (secondary N) is 1. The Labute approximate surface area is 131 Å². The van der Waals surface area contributed by atoms with Crippen molar-refractivity contribution in [3.8, 4) is 0 Å². The molecule has 0 aliphatic carbocycles. The van der Waals surface area contributed by atoms with Gasteiger partial charge < -0.3 is 5.32 Å². The fourth-order valence-corrected chi connectivity index (χ4v) is 3.03. The quantitative estimate of drug-likeness (QED) is 0.789. The van der Waals surface area contributed by atoms with Gasteiger partial charge in [-0.05, 0) is 18.9 Å². The highest BCUT2D eigenvalue weighted by Gasteiger charge is 2.17. The van der Waals surface area contributed by atoms with Crippen molar-refractivity contribution in [3.05, 3.63) is 41.4 Å². The molecule has 110 valence electrons. The van der Waals surface area contributed by atoms with Crippen molar-refractivity contribution < 1.29 is 9.59 Å². The highest BCUT2D eigenvalue weighted by molar-refractivity contribution is 8.01. The van der Waals surface area contributed by atoms with E-state index >= 15 is 0 Å². The van der Waals surface area contributed by atoms with Gasteiger partial charge in [-0.25, -0.2) is 0 Å². The third-order valence-corrected chi connectivity index (χ3v) is 4.64. The Hall–Kier alpha value is -1.73. The van der Waals surface area contributed by atoms with E-state index in [1.807, 2.05) is 30.3 Å². The SMILES string of the molecule is CC(=O)[C@@H](Cc1ccccc1)NC(=O)CSc1nncs1. The first-order valence-electron chi connectivity index (χ1n) is 6.38. The molecule has 0 aliphatic heterocycles. The maximum atomic E-state index is 11.9. The standard InChI is InChI=1S/C14H15N3O2S2/c1-10(18)12(7-11-5-3-2-4-6-11)16-13(19)8-20-14-17-15-9-21-14/h2-6,9,12H,7-8H2,1H3,(H,16,19)/t12-/m1/s1. The minimum Gasteiger partial charge on any atom is -0.345 e. The molecule has 5 nitrogen and oxygen atoms in total. The van der Waals surface area contributed by atoms with E-state index in [-0.39, 0.29) is 17.4 Å². The Morgan fingerprint density at radius 3 is 2.71 bits per heavy atom. The Morgan fingerprint density at radius 1 is 1.33 bits per heavy atom. The van der Waals surface area contributed by atoms with Gasteiger partial charge in [-0.1, -0.05) is 53.4 Å². The zero-order chi connectivity index (χ0) is 15.1. The molecule has 0 saturated carbocycles. The highest BCUT2D eigenvalue weighted by Crippen LogP contribution is 2.18. The van der Waals surface area contributed by atoms with Crippen LogP contribution in [0.15, 0.2) is 40.2 Å². The number of thioether (sulfide) groups is 1. The molecular formula is C14H15N3O2S2. The Bertz CT molecular complexity index is 588. The van der Waals surface area contributed by atoms with Crippen LogP contribution in [-0.2, 0) is 16.0 Å². The second-order valence-electron chi connectivity index (χ2n) is 4.41. The largest absolute Gasteiger partial charge is 0.345 e. The van der Waals surface area contributed by atoms with Crippen LogP contribution in [0.3, 0.4) is 0 Å². The summed E-state index contributed by atoms with van der Waals surface area (Å²) in [6.07, 6.45) is 0.505. The van der Waals surface area contributed by atoms with E-state index < -0.39 is 6.04 Å². The minimum absolute atomic E-state index is 0.0480. The monoisotopic (exact) mass is 321 g/mol. The summed E-state index contributed by atoms with van der Waals surface area (Å²) in [6.45, 7) is 1.49. The van der Waals surface area contributed by atoms with E-state index in [1.54, 1.807) is 5.51 Å². The molecule has 0 saturated heterocycles. The average molecular weight is 321 g/mol. The maximum Gasteiger partial charge on any atom is 0.231 e. The lowest BCUT2D eigenvalue weighted by Crippen LogP contribution is -2.42. The second kappa shape index (κ2) is 7.90. The molecular weight excluding hydrogens is 306 g/mol. The summed E-state index contributed by atoms with van der Waals surface area (Å²) < 4.78 is 0.743. The van der Waals surface area contributed by atoms with Gasteiger partial charge in [0.25, 0.3) is 0 Å². The van der Waals surface area contributed by atoms with E-state index in [0.717, 1.165) is 9.90 Å². The number of hydrogen-bond donors (Lipinski definition) is 1. The first-order chi connectivity index (χ1) is 10.1. The Balaban J connectivity index is 1.87. The molecule has 0 fully saturated rings. The first-order valence-corrected chi connectivity index (χ1v) is 8.24. The van der Waals surface area contributed by atoms with E-state index in [9.17, 15) is 9.59 Å². The number of benzene rings is 1. The molecule has 21 heavy (non-hydrogen) atoms. The van der Waals surface area contributed by atoms with Gasteiger partial charge >= 0.3 is 0 Å². The summed E-state index contributed by atoms with van der Waals surface area (Å²) >= 11 is 2.70. The number of ketones is 1. The van der Waals surface area contributed by atoms with Crippen molar-refractivity contribution >= 4 is 34.8 Å². The van der Waals surface area contributed by atoms with E-state index in [0.29, 0.717) is 6.42 Å². The molecule has 7 heteroatoms. The molecule has 1 aromatic heterocycles. The smallest absolute Gasteiger partial charge is 0.231 e. The van der Waals surface area contributed by atoms with Gasteiger partial charge in [-0.15, -0.1) is 10.2 Å². The predicted molar refractivity (Wildman–Crippen MR) is 83.4 cm³/mol. The average Bonchev–Trinajstić information content (AvgIpc) is 2.99. The molecule has 0 aliphatic rings. The third kappa shape index (κ3) is 5.28. The van der Waals surface area contributed by atoms with E-state index in [1.165, 1.54) is 30.0 Å². The molecule has 0 radical (unpaired) electrons. The number of carbonyl (C=O) groups is 2. The van der Waals surface area contributed by atoms with Gasteiger partial charge in [0.15, 0.2) is 10.1 Å². The van der Waals surface area contributed by atoms with Gasteiger partial charge in [0.05, 0.1) is 11.8 Å². The maximum absolute atomic E-state index is 11.9. The van der Waals surface area contributed by atoms with Crippen LogP contribution in [0.1, 0.15) is 12.5 Å². The topological polar surface area (TPSA) is 72.0 Å². The zero-order valence-electron chi connectivity index (χ0n) is 11.5. The van der Waals surface area contributed by atoms with Crippen molar-refractivity contribution in [2.45, 2.75) is 23.7 Å². The van der Waals surface area contributed by atoms with Crippen LogP contribution in [-0.4, -0.2) is 33.7 Å². The highest BCUT2D eigenvalue weighted by atomic mass is 32.2. The van der Waals surface area contributed by atoms with Crippen molar-refractivity contribution in [2.24, 2.45) is 0 Å². The van der Waals surface area contributed by atoms with Crippen molar-refractivity contribution in [1.29, 1.82) is 0 Å². The lowest BCUT2D eigenvalue weighted by Gasteiger charge is -2.15. The molecule has 2 rings (SSSR count). The molecule has 1 atom stereocenters. The van der Waals surface area contributed by atoms with Crippen LogP contribution in [0, 0.1) is 0 Å². The third-order valence-electron chi connectivity index (χ3n) is 2.78. The predicted octanol–water partition coefficient (Wildman–Crippen LogP) is 1.95. The molecule has 2 aromatic rings. The fourth-order valence-electron chi connectivity index (χ4n) is 1.74. The van der Waals surface area contributed by atoms with E-state index in [2.05, 4.69) is 15.5 Å². The summed E-state index contributed by atoms with van der Waals surface area (Å²) in [4.78, 5) is 23.6. The Morgan fingerprint density at radius 2 is 2.10 bits per heavy atom. The summed E-state index contributed by atoms with van der Waals surface area (Å²) in [5.74, 6) is 0.00719. The van der Waals surface area contributed by atoms with Gasteiger partial charge in [0, 0.05) is 0 Å². The van der Waals surface area contributed by atoms with Crippen molar-refractivity contribution in [1.82, 2.24) is 15.5 Å². The van der Waals surface area contributed by atoms with Crippen LogP contribution < -0.4 is 5.32 Å². The van der Waals surface area contributed by atoms with E-state index in [4.69, 9.17) is 0 Å². The number of nitrogens with zero attached hydrogens (tertiary/aromatic N) is 2. The van der Waals surface area contributed by atoms with Gasteiger partial charge in [0.1, 0.15) is 5.51 Å². The number of hydrogen-bond acceptors (Lipinski definition) is 6.